The standard InChI is InChI=1S/C20H33N5O2.HI/c1-20(2,3)27-19(26)25-13-7-8-16(15-25)10-12-23-18(21-4)24-14-17-9-5-6-11-22-17;/h5-6,9,11,16H,7-8,10,12-15H2,1-4H3,(H2,21,23,24);1H. The van der Waals surface area contributed by atoms with E-state index in [-0.39, 0.29) is 30.1 Å². The number of likely N-dealkylation sites (tertiary alicyclic amines) is 1. The molecule has 0 radical (unpaired) electrons. The van der Waals surface area contributed by atoms with Gasteiger partial charge in [-0.05, 0) is 58.1 Å². The zero-order valence-electron chi connectivity index (χ0n) is 17.4. The summed E-state index contributed by atoms with van der Waals surface area (Å²) in [5, 5.41) is 6.61. The smallest absolute Gasteiger partial charge is 0.410 e. The van der Waals surface area contributed by atoms with E-state index in [1.165, 1.54) is 0 Å². The minimum Gasteiger partial charge on any atom is -0.444 e. The van der Waals surface area contributed by atoms with Crippen LogP contribution in [0.5, 0.6) is 0 Å². The number of nitrogens with zero attached hydrogens (tertiary/aromatic N) is 3. The number of pyridine rings is 1. The summed E-state index contributed by atoms with van der Waals surface area (Å²) in [6.07, 6.45) is 4.74. The van der Waals surface area contributed by atoms with Crippen molar-refractivity contribution in [3.63, 3.8) is 0 Å². The summed E-state index contributed by atoms with van der Waals surface area (Å²) in [5.41, 5.74) is 0.526. The number of amides is 1. The lowest BCUT2D eigenvalue weighted by Crippen LogP contribution is -2.44. The molecule has 0 saturated carbocycles. The van der Waals surface area contributed by atoms with Crippen LogP contribution in [0.4, 0.5) is 4.79 Å². The zero-order chi connectivity index (χ0) is 19.7. The maximum Gasteiger partial charge on any atom is 0.410 e. The third-order valence-electron chi connectivity index (χ3n) is 4.40. The van der Waals surface area contributed by atoms with Crippen molar-refractivity contribution < 1.29 is 9.53 Å². The van der Waals surface area contributed by atoms with Crippen LogP contribution in [0.15, 0.2) is 29.4 Å². The largest absolute Gasteiger partial charge is 0.444 e. The summed E-state index contributed by atoms with van der Waals surface area (Å²) < 4.78 is 5.50. The van der Waals surface area contributed by atoms with Crippen molar-refractivity contribution in [1.29, 1.82) is 0 Å². The van der Waals surface area contributed by atoms with Gasteiger partial charge in [0, 0.05) is 32.9 Å². The minimum atomic E-state index is -0.447. The number of hydrogen-bond donors (Lipinski definition) is 2. The van der Waals surface area contributed by atoms with E-state index in [0.717, 1.165) is 50.6 Å². The van der Waals surface area contributed by atoms with Crippen molar-refractivity contribution in [2.24, 2.45) is 10.9 Å². The number of piperidine rings is 1. The highest BCUT2D eigenvalue weighted by Gasteiger charge is 2.27. The molecule has 1 atom stereocenters. The second-order valence-corrected chi connectivity index (χ2v) is 7.90. The van der Waals surface area contributed by atoms with Gasteiger partial charge in [-0.1, -0.05) is 6.07 Å². The molecule has 1 aliphatic heterocycles. The van der Waals surface area contributed by atoms with Crippen LogP contribution in [-0.2, 0) is 11.3 Å². The van der Waals surface area contributed by atoms with Crippen LogP contribution in [-0.4, -0.2) is 54.2 Å². The lowest BCUT2D eigenvalue weighted by molar-refractivity contribution is 0.0162. The van der Waals surface area contributed by atoms with Crippen LogP contribution in [0.2, 0.25) is 0 Å². The SMILES string of the molecule is CN=C(NCCC1CCCN(C(=O)OC(C)(C)C)C1)NCc1ccccn1.I. The van der Waals surface area contributed by atoms with E-state index in [0.29, 0.717) is 12.5 Å². The highest BCUT2D eigenvalue weighted by atomic mass is 127. The molecule has 1 unspecified atom stereocenters. The Labute approximate surface area is 185 Å². The predicted molar refractivity (Wildman–Crippen MR) is 123 cm³/mol. The van der Waals surface area contributed by atoms with Crippen molar-refractivity contribution in [3.05, 3.63) is 30.1 Å². The van der Waals surface area contributed by atoms with E-state index >= 15 is 0 Å². The quantitative estimate of drug-likeness (QED) is 0.366. The molecule has 1 aromatic heterocycles. The van der Waals surface area contributed by atoms with Crippen LogP contribution >= 0.6 is 24.0 Å². The first-order valence-electron chi connectivity index (χ1n) is 9.70. The fraction of sp³-hybridized carbons (Fsp3) is 0.650. The molecule has 1 aromatic rings. The van der Waals surface area contributed by atoms with Gasteiger partial charge < -0.3 is 20.3 Å². The zero-order valence-corrected chi connectivity index (χ0v) is 19.7. The Hall–Kier alpha value is -1.58. The first-order chi connectivity index (χ1) is 12.9. The Morgan fingerprint density at radius 2 is 2.14 bits per heavy atom. The fourth-order valence-electron chi connectivity index (χ4n) is 3.09. The maximum atomic E-state index is 12.3. The number of carbonyl (C=O) groups is 1. The highest BCUT2D eigenvalue weighted by Crippen LogP contribution is 2.21. The van der Waals surface area contributed by atoms with Crippen LogP contribution in [0.3, 0.4) is 0 Å². The summed E-state index contributed by atoms with van der Waals surface area (Å²) in [5.74, 6) is 1.24. The van der Waals surface area contributed by atoms with Gasteiger partial charge in [0.25, 0.3) is 0 Å². The van der Waals surface area contributed by atoms with Gasteiger partial charge in [-0.2, -0.15) is 0 Å². The number of ether oxygens (including phenoxy) is 1. The number of carbonyl (C=O) groups excluding carboxylic acids is 1. The molecule has 0 spiro atoms. The van der Waals surface area contributed by atoms with Crippen LogP contribution < -0.4 is 10.6 Å². The highest BCUT2D eigenvalue weighted by molar-refractivity contribution is 14.0. The molecule has 2 N–H and O–H groups in total. The minimum absolute atomic E-state index is 0. The van der Waals surface area contributed by atoms with E-state index < -0.39 is 5.60 Å². The molecule has 1 fully saturated rings. The van der Waals surface area contributed by atoms with E-state index in [4.69, 9.17) is 4.74 Å². The van der Waals surface area contributed by atoms with Gasteiger partial charge in [-0.25, -0.2) is 4.79 Å². The number of rotatable bonds is 5. The Morgan fingerprint density at radius 1 is 1.36 bits per heavy atom. The first-order valence-corrected chi connectivity index (χ1v) is 9.70. The maximum absolute atomic E-state index is 12.3. The number of nitrogens with one attached hydrogen (secondary N) is 2. The number of halogens is 1. The number of aliphatic imine (C=N–C) groups is 1. The van der Waals surface area contributed by atoms with Crippen molar-refractivity contribution in [1.82, 2.24) is 20.5 Å². The molecule has 158 valence electrons. The number of guanidine groups is 1. The van der Waals surface area contributed by atoms with E-state index in [1.54, 1.807) is 13.2 Å². The lowest BCUT2D eigenvalue weighted by atomic mass is 9.95. The summed E-state index contributed by atoms with van der Waals surface area (Å²) in [6, 6.07) is 5.86. The molecule has 1 aliphatic rings. The molecule has 2 rings (SSSR count). The molecule has 1 saturated heterocycles. The van der Waals surface area contributed by atoms with Crippen molar-refractivity contribution in [2.75, 3.05) is 26.7 Å². The fourth-order valence-corrected chi connectivity index (χ4v) is 3.09. The summed E-state index contributed by atoms with van der Waals surface area (Å²) >= 11 is 0. The molecule has 2 heterocycles. The Balaban J connectivity index is 0.00000392. The van der Waals surface area contributed by atoms with Crippen LogP contribution in [0.1, 0.15) is 45.7 Å². The first kappa shape index (κ1) is 24.5. The van der Waals surface area contributed by atoms with Gasteiger partial charge in [0.1, 0.15) is 5.60 Å². The second kappa shape index (κ2) is 12.1. The molecule has 1 amide bonds. The summed E-state index contributed by atoms with van der Waals surface area (Å²) in [6.45, 7) is 8.70. The van der Waals surface area contributed by atoms with Gasteiger partial charge in [0.2, 0.25) is 0 Å². The van der Waals surface area contributed by atoms with Gasteiger partial charge in [-0.15, -0.1) is 24.0 Å². The molecular formula is C20H34IN5O2. The normalized spacial score (nSPS) is 17.5. The second-order valence-electron chi connectivity index (χ2n) is 7.90. The Kier molecular flexibility index (Phi) is 10.6. The number of aromatic nitrogens is 1. The number of hydrogen-bond acceptors (Lipinski definition) is 4. The van der Waals surface area contributed by atoms with E-state index in [1.807, 2.05) is 43.9 Å². The van der Waals surface area contributed by atoms with Gasteiger partial charge in [0.05, 0.1) is 12.2 Å². The van der Waals surface area contributed by atoms with Crippen LogP contribution in [0.25, 0.3) is 0 Å². The summed E-state index contributed by atoms with van der Waals surface area (Å²) in [7, 11) is 1.76. The van der Waals surface area contributed by atoms with Crippen LogP contribution in [0, 0.1) is 5.92 Å². The molecule has 28 heavy (non-hydrogen) atoms. The average Bonchev–Trinajstić information content (AvgIpc) is 2.64. The van der Waals surface area contributed by atoms with Crippen molar-refractivity contribution >= 4 is 36.0 Å². The Morgan fingerprint density at radius 3 is 2.79 bits per heavy atom. The van der Waals surface area contributed by atoms with Crippen molar-refractivity contribution in [2.45, 2.75) is 52.2 Å². The topological polar surface area (TPSA) is 78.9 Å². The van der Waals surface area contributed by atoms with E-state index in [9.17, 15) is 4.79 Å². The molecule has 7 nitrogen and oxygen atoms in total. The molecule has 0 bridgehead atoms. The lowest BCUT2D eigenvalue weighted by Gasteiger charge is -2.34. The summed E-state index contributed by atoms with van der Waals surface area (Å²) in [4.78, 5) is 22.6. The third-order valence-corrected chi connectivity index (χ3v) is 4.40. The molecule has 0 aliphatic carbocycles. The van der Waals surface area contributed by atoms with Crippen molar-refractivity contribution in [3.8, 4) is 0 Å². The Bertz CT molecular complexity index is 619. The predicted octanol–water partition coefficient (Wildman–Crippen LogP) is 3.40. The average molecular weight is 503 g/mol. The van der Waals surface area contributed by atoms with E-state index in [2.05, 4.69) is 20.6 Å². The van der Waals surface area contributed by atoms with Gasteiger partial charge in [-0.3, -0.25) is 9.98 Å². The molecule has 0 aromatic carbocycles. The monoisotopic (exact) mass is 503 g/mol. The molecular weight excluding hydrogens is 469 g/mol. The third kappa shape index (κ3) is 9.07. The molecule has 8 heteroatoms. The van der Waals surface area contributed by atoms with Gasteiger partial charge in [0.15, 0.2) is 5.96 Å². The van der Waals surface area contributed by atoms with Gasteiger partial charge >= 0.3 is 6.09 Å².